The molecule has 0 saturated carbocycles. The Morgan fingerprint density at radius 3 is 2.75 bits per heavy atom. The van der Waals surface area contributed by atoms with Crippen LogP contribution in [-0.2, 0) is 17.1 Å². The van der Waals surface area contributed by atoms with Crippen molar-refractivity contribution >= 4 is 39.5 Å². The molecule has 166 valence electrons. The minimum absolute atomic E-state index is 0.0368. The molecule has 0 bridgehead atoms. The summed E-state index contributed by atoms with van der Waals surface area (Å²) in [6.07, 6.45) is 1.92. The van der Waals surface area contributed by atoms with Gasteiger partial charge in [-0.1, -0.05) is 18.2 Å². The lowest BCUT2D eigenvalue weighted by Gasteiger charge is -2.09. The van der Waals surface area contributed by atoms with Crippen molar-refractivity contribution in [2.45, 2.75) is 12.3 Å². The molecule has 1 amide bonds. The van der Waals surface area contributed by atoms with E-state index in [4.69, 9.17) is 9.47 Å². The molecule has 2 aromatic carbocycles. The fraction of sp³-hybridized carbons (Fsp3) is 0.261. The molecular weight excluding hydrogens is 428 g/mol. The molecule has 0 spiro atoms. The summed E-state index contributed by atoms with van der Waals surface area (Å²) in [6.45, 7) is 0.814. The molecule has 2 N–H and O–H groups in total. The number of fused-ring (bicyclic) bond motifs is 2. The van der Waals surface area contributed by atoms with Gasteiger partial charge in [0.2, 0.25) is 5.91 Å². The summed E-state index contributed by atoms with van der Waals surface area (Å²) in [7, 11) is 3.07. The number of aromatic nitrogens is 3. The zero-order valence-electron chi connectivity index (χ0n) is 17.9. The minimum atomic E-state index is -0.223. The number of methoxy groups -OCH3 is 2. The van der Waals surface area contributed by atoms with Crippen molar-refractivity contribution in [3.05, 3.63) is 64.8 Å². The van der Waals surface area contributed by atoms with Gasteiger partial charge < -0.3 is 24.3 Å². The van der Waals surface area contributed by atoms with Crippen LogP contribution in [0.5, 0.6) is 11.5 Å². The number of thioether (sulfide) groups is 1. The molecule has 0 unspecified atom stereocenters. The maximum absolute atomic E-state index is 12.4. The standard InChI is InChI=1S/C23H24N4O4S/c1-30-19-11-16-17(12-20(19)31-2)25-21(26-23(16)29)14-32-10-8-24-22(28)13-27-9-7-15-5-3-4-6-18(15)27/h3-7,9,11-12H,8,10,13-14H2,1-2H3,(H,24,28)(H,25,26,29). The Morgan fingerprint density at radius 1 is 1.16 bits per heavy atom. The van der Waals surface area contributed by atoms with E-state index in [1.54, 1.807) is 31.0 Å². The summed E-state index contributed by atoms with van der Waals surface area (Å²) >= 11 is 1.58. The normalized spacial score (nSPS) is 11.1. The van der Waals surface area contributed by atoms with Gasteiger partial charge in [0.15, 0.2) is 11.5 Å². The summed E-state index contributed by atoms with van der Waals surface area (Å²) in [5.74, 6) is 2.77. The van der Waals surface area contributed by atoms with Gasteiger partial charge in [-0.3, -0.25) is 9.59 Å². The molecule has 9 heteroatoms. The van der Waals surface area contributed by atoms with Crippen LogP contribution in [0.15, 0.2) is 53.5 Å². The zero-order chi connectivity index (χ0) is 22.5. The Bertz CT molecular complexity index is 1310. The summed E-state index contributed by atoms with van der Waals surface area (Å²) in [5, 5.41) is 4.50. The van der Waals surface area contributed by atoms with Crippen molar-refractivity contribution in [1.82, 2.24) is 19.9 Å². The number of H-pyrrole nitrogens is 1. The molecule has 0 fully saturated rings. The monoisotopic (exact) mass is 452 g/mol. The predicted molar refractivity (Wildman–Crippen MR) is 127 cm³/mol. The molecule has 2 aromatic heterocycles. The highest BCUT2D eigenvalue weighted by atomic mass is 32.2. The molecule has 8 nitrogen and oxygen atoms in total. The number of amides is 1. The summed E-state index contributed by atoms with van der Waals surface area (Å²) in [6, 6.07) is 13.3. The fourth-order valence-electron chi connectivity index (χ4n) is 3.50. The largest absolute Gasteiger partial charge is 0.493 e. The minimum Gasteiger partial charge on any atom is -0.493 e. The molecule has 0 aliphatic carbocycles. The van der Waals surface area contributed by atoms with E-state index in [-0.39, 0.29) is 18.0 Å². The number of para-hydroxylation sites is 1. The van der Waals surface area contributed by atoms with Crippen LogP contribution in [0, 0.1) is 0 Å². The maximum Gasteiger partial charge on any atom is 0.258 e. The first-order valence-electron chi connectivity index (χ1n) is 10.1. The molecule has 32 heavy (non-hydrogen) atoms. The first-order valence-corrected chi connectivity index (χ1v) is 11.3. The molecule has 0 aliphatic rings. The van der Waals surface area contributed by atoms with Crippen molar-refractivity contribution in [3.63, 3.8) is 0 Å². The number of carbonyl (C=O) groups is 1. The highest BCUT2D eigenvalue weighted by molar-refractivity contribution is 7.98. The Kier molecular flexibility index (Phi) is 6.65. The lowest BCUT2D eigenvalue weighted by molar-refractivity contribution is -0.121. The van der Waals surface area contributed by atoms with Gasteiger partial charge in [0, 0.05) is 30.1 Å². The number of carbonyl (C=O) groups excluding carboxylic acids is 1. The highest BCUT2D eigenvalue weighted by Gasteiger charge is 2.11. The number of nitrogens with zero attached hydrogens (tertiary/aromatic N) is 2. The highest BCUT2D eigenvalue weighted by Crippen LogP contribution is 2.30. The van der Waals surface area contributed by atoms with Crippen LogP contribution in [0.2, 0.25) is 0 Å². The van der Waals surface area contributed by atoms with Gasteiger partial charge in [-0.2, -0.15) is 11.8 Å². The molecule has 4 rings (SSSR count). The van der Waals surface area contributed by atoms with Gasteiger partial charge in [-0.05, 0) is 23.6 Å². The Hall–Kier alpha value is -3.46. The molecule has 0 aliphatic heterocycles. The van der Waals surface area contributed by atoms with E-state index in [2.05, 4.69) is 15.3 Å². The van der Waals surface area contributed by atoms with Crippen LogP contribution in [0.1, 0.15) is 5.82 Å². The Balaban J connectivity index is 1.29. The van der Waals surface area contributed by atoms with E-state index < -0.39 is 0 Å². The van der Waals surface area contributed by atoms with Gasteiger partial charge in [-0.15, -0.1) is 0 Å². The van der Waals surface area contributed by atoms with Gasteiger partial charge in [-0.25, -0.2) is 4.98 Å². The third-order valence-corrected chi connectivity index (χ3v) is 6.03. The molecule has 2 heterocycles. The Morgan fingerprint density at radius 2 is 1.94 bits per heavy atom. The van der Waals surface area contributed by atoms with Crippen LogP contribution >= 0.6 is 11.8 Å². The average molecular weight is 453 g/mol. The van der Waals surface area contributed by atoms with E-state index in [1.165, 1.54) is 7.11 Å². The number of hydrogen-bond acceptors (Lipinski definition) is 6. The lowest BCUT2D eigenvalue weighted by atomic mass is 10.2. The van der Waals surface area contributed by atoms with Crippen molar-refractivity contribution in [1.29, 1.82) is 0 Å². The molecule has 0 atom stereocenters. The number of rotatable bonds is 9. The van der Waals surface area contributed by atoms with Gasteiger partial charge in [0.1, 0.15) is 12.4 Å². The topological polar surface area (TPSA) is 98.2 Å². The number of nitrogens with one attached hydrogen (secondary N) is 2. The van der Waals surface area contributed by atoms with E-state index in [9.17, 15) is 9.59 Å². The van der Waals surface area contributed by atoms with Crippen LogP contribution in [0.3, 0.4) is 0 Å². The average Bonchev–Trinajstić information content (AvgIpc) is 3.20. The van der Waals surface area contributed by atoms with Crippen LogP contribution in [0.25, 0.3) is 21.8 Å². The van der Waals surface area contributed by atoms with Gasteiger partial charge in [0.25, 0.3) is 5.56 Å². The predicted octanol–water partition coefficient (Wildman–Crippen LogP) is 2.94. The Labute approximate surface area is 188 Å². The molecule has 0 saturated heterocycles. The van der Waals surface area contributed by atoms with Crippen molar-refractivity contribution in [2.75, 3.05) is 26.5 Å². The molecule has 0 radical (unpaired) electrons. The summed E-state index contributed by atoms with van der Waals surface area (Å²) in [4.78, 5) is 32.0. The van der Waals surface area contributed by atoms with Crippen molar-refractivity contribution < 1.29 is 14.3 Å². The van der Waals surface area contributed by atoms with Gasteiger partial charge >= 0.3 is 0 Å². The van der Waals surface area contributed by atoms with E-state index in [0.717, 1.165) is 10.9 Å². The summed E-state index contributed by atoms with van der Waals surface area (Å²) in [5.41, 5.74) is 1.37. The summed E-state index contributed by atoms with van der Waals surface area (Å²) < 4.78 is 12.5. The van der Waals surface area contributed by atoms with E-state index >= 15 is 0 Å². The number of benzene rings is 2. The SMILES string of the molecule is COc1cc2nc(CSCCNC(=O)Cn3ccc4ccccc43)[nH]c(=O)c2cc1OC. The van der Waals surface area contributed by atoms with Crippen molar-refractivity contribution in [2.24, 2.45) is 0 Å². The van der Waals surface area contributed by atoms with Crippen LogP contribution in [0.4, 0.5) is 0 Å². The number of hydrogen-bond donors (Lipinski definition) is 2. The number of ether oxygens (including phenoxy) is 2. The maximum atomic E-state index is 12.4. The second-order valence-electron chi connectivity index (χ2n) is 7.14. The lowest BCUT2D eigenvalue weighted by Crippen LogP contribution is -2.29. The third kappa shape index (κ3) is 4.72. The van der Waals surface area contributed by atoms with Crippen molar-refractivity contribution in [3.8, 4) is 11.5 Å². The van der Waals surface area contributed by atoms with Crippen LogP contribution in [-0.4, -0.2) is 47.0 Å². The fourth-order valence-corrected chi connectivity index (χ4v) is 4.22. The first-order chi connectivity index (χ1) is 15.6. The van der Waals surface area contributed by atoms with Gasteiger partial charge in [0.05, 0.1) is 30.9 Å². The van der Waals surface area contributed by atoms with Crippen LogP contribution < -0.4 is 20.3 Å². The third-order valence-electron chi connectivity index (χ3n) is 5.06. The first kappa shape index (κ1) is 21.8. The second kappa shape index (κ2) is 9.78. The number of aromatic amines is 1. The molecule has 4 aromatic rings. The van der Waals surface area contributed by atoms with E-state index in [1.807, 2.05) is 41.1 Å². The quantitative estimate of drug-likeness (QED) is 0.379. The molecular formula is C23H24N4O4S. The second-order valence-corrected chi connectivity index (χ2v) is 8.25. The zero-order valence-corrected chi connectivity index (χ0v) is 18.7. The smallest absolute Gasteiger partial charge is 0.258 e. The van der Waals surface area contributed by atoms with E-state index in [0.29, 0.717) is 46.3 Å².